The first-order valence-corrected chi connectivity index (χ1v) is 10.6. The van der Waals surface area contributed by atoms with Gasteiger partial charge in [0, 0.05) is 23.5 Å². The molecule has 8 nitrogen and oxygen atoms in total. The molecule has 1 aliphatic rings. The van der Waals surface area contributed by atoms with Crippen molar-refractivity contribution in [2.45, 2.75) is 19.9 Å². The summed E-state index contributed by atoms with van der Waals surface area (Å²) in [6, 6.07) is 6.57. The molecule has 1 aromatic heterocycles. The molecule has 29 heavy (non-hydrogen) atoms. The number of hydrazine groups is 1. The Morgan fingerprint density at radius 1 is 1.17 bits per heavy atom. The fourth-order valence-corrected chi connectivity index (χ4v) is 3.91. The van der Waals surface area contributed by atoms with E-state index in [4.69, 9.17) is 16.3 Å². The molecule has 2 aromatic rings. The second kappa shape index (κ2) is 9.91. The second-order valence-corrected chi connectivity index (χ2v) is 8.21. The number of nitrogens with zero attached hydrogens (tertiary/aromatic N) is 2. The number of thiazole rings is 1. The predicted octanol–water partition coefficient (Wildman–Crippen LogP) is 2.97. The molecular formula is C19H24ClN5O3S. The zero-order valence-electron chi connectivity index (χ0n) is 16.3. The number of hydrogen-bond donors (Lipinski definition) is 3. The molecule has 0 saturated carbocycles. The summed E-state index contributed by atoms with van der Waals surface area (Å²) in [6.45, 7) is 6.79. The fraction of sp³-hybridized carbons (Fsp3) is 0.421. The van der Waals surface area contributed by atoms with Crippen LogP contribution in [0.3, 0.4) is 0 Å². The van der Waals surface area contributed by atoms with Crippen LogP contribution in [0.2, 0.25) is 5.02 Å². The van der Waals surface area contributed by atoms with Gasteiger partial charge < -0.3 is 15.0 Å². The minimum absolute atomic E-state index is 0.146. The van der Waals surface area contributed by atoms with Crippen LogP contribution in [0.5, 0.6) is 0 Å². The summed E-state index contributed by atoms with van der Waals surface area (Å²) < 4.78 is 5.32. The van der Waals surface area contributed by atoms with Crippen molar-refractivity contribution in [3.63, 3.8) is 0 Å². The third-order valence-electron chi connectivity index (χ3n) is 4.48. The molecule has 1 aliphatic heterocycles. The van der Waals surface area contributed by atoms with Crippen LogP contribution in [0.1, 0.15) is 35.9 Å². The summed E-state index contributed by atoms with van der Waals surface area (Å²) in [5.74, 6) is -0.323. The molecule has 3 rings (SSSR count). The van der Waals surface area contributed by atoms with Gasteiger partial charge in [-0.05, 0) is 23.6 Å². The first-order valence-electron chi connectivity index (χ1n) is 9.34. The standard InChI is InChI=1S/C19H24ClN5O3S/c1-12(2)16(13-3-5-14(20)6-4-13)22-18(27)24-23-17(26)15-11-29-19(21-15)25-7-9-28-10-8-25/h3-6,11-12,16H,7-10H2,1-2H3,(H,23,26)(H2,22,24,27). The molecule has 0 bridgehead atoms. The van der Waals surface area contributed by atoms with Gasteiger partial charge in [-0.15, -0.1) is 11.3 Å². The van der Waals surface area contributed by atoms with E-state index in [9.17, 15) is 9.59 Å². The van der Waals surface area contributed by atoms with Crippen LogP contribution in [0.4, 0.5) is 9.93 Å². The van der Waals surface area contributed by atoms with Crippen molar-refractivity contribution in [1.82, 2.24) is 21.2 Å². The quantitative estimate of drug-likeness (QED) is 0.625. The molecule has 156 valence electrons. The van der Waals surface area contributed by atoms with E-state index in [0.29, 0.717) is 18.2 Å². The molecule has 3 N–H and O–H groups in total. The van der Waals surface area contributed by atoms with Crippen molar-refractivity contribution >= 4 is 40.0 Å². The van der Waals surface area contributed by atoms with E-state index in [2.05, 4.69) is 26.1 Å². The SMILES string of the molecule is CC(C)C(NC(=O)NNC(=O)c1csc(N2CCOCC2)n1)c1ccc(Cl)cc1. The Morgan fingerprint density at radius 3 is 2.52 bits per heavy atom. The lowest BCUT2D eigenvalue weighted by molar-refractivity contribution is 0.0931. The van der Waals surface area contributed by atoms with Crippen LogP contribution in [-0.2, 0) is 4.74 Å². The number of amides is 3. The van der Waals surface area contributed by atoms with E-state index in [1.165, 1.54) is 11.3 Å². The van der Waals surface area contributed by atoms with E-state index in [1.807, 2.05) is 26.0 Å². The summed E-state index contributed by atoms with van der Waals surface area (Å²) in [7, 11) is 0. The van der Waals surface area contributed by atoms with Gasteiger partial charge in [0.2, 0.25) is 0 Å². The number of rotatable bonds is 5. The normalized spacial score (nSPS) is 15.1. The molecule has 1 aromatic carbocycles. The maximum atomic E-state index is 12.3. The largest absolute Gasteiger partial charge is 0.378 e. The van der Waals surface area contributed by atoms with Crippen molar-refractivity contribution in [3.8, 4) is 0 Å². The molecule has 0 aliphatic carbocycles. The molecule has 1 atom stereocenters. The number of benzene rings is 1. The summed E-state index contributed by atoms with van der Waals surface area (Å²) in [5, 5.41) is 5.94. The highest BCUT2D eigenvalue weighted by Crippen LogP contribution is 2.23. The van der Waals surface area contributed by atoms with E-state index in [1.54, 1.807) is 17.5 Å². The maximum Gasteiger partial charge on any atom is 0.333 e. The Morgan fingerprint density at radius 2 is 1.86 bits per heavy atom. The van der Waals surface area contributed by atoms with Gasteiger partial charge in [-0.25, -0.2) is 15.2 Å². The van der Waals surface area contributed by atoms with E-state index >= 15 is 0 Å². The molecule has 0 spiro atoms. The van der Waals surface area contributed by atoms with Gasteiger partial charge >= 0.3 is 6.03 Å². The van der Waals surface area contributed by atoms with Crippen molar-refractivity contribution in [3.05, 3.63) is 45.9 Å². The number of nitrogens with one attached hydrogen (secondary N) is 3. The lowest BCUT2D eigenvalue weighted by Gasteiger charge is -2.25. The molecule has 1 saturated heterocycles. The maximum absolute atomic E-state index is 12.3. The molecule has 10 heteroatoms. The molecule has 0 radical (unpaired) electrons. The van der Waals surface area contributed by atoms with E-state index in [0.717, 1.165) is 23.8 Å². The van der Waals surface area contributed by atoms with Crippen molar-refractivity contribution in [1.29, 1.82) is 0 Å². The number of hydrogen-bond acceptors (Lipinski definition) is 6. The minimum Gasteiger partial charge on any atom is -0.378 e. The Bertz CT molecular complexity index is 837. The smallest absolute Gasteiger partial charge is 0.333 e. The third-order valence-corrected chi connectivity index (χ3v) is 5.63. The Hall–Kier alpha value is -2.36. The van der Waals surface area contributed by atoms with Crippen LogP contribution in [-0.4, -0.2) is 43.2 Å². The Labute approximate surface area is 178 Å². The minimum atomic E-state index is -0.504. The van der Waals surface area contributed by atoms with Gasteiger partial charge in [0.05, 0.1) is 19.3 Å². The van der Waals surface area contributed by atoms with Gasteiger partial charge in [-0.2, -0.15) is 0 Å². The summed E-state index contributed by atoms with van der Waals surface area (Å²) >= 11 is 7.33. The van der Waals surface area contributed by atoms with Crippen molar-refractivity contribution < 1.29 is 14.3 Å². The number of anilines is 1. The molecule has 1 fully saturated rings. The highest BCUT2D eigenvalue weighted by atomic mass is 35.5. The lowest BCUT2D eigenvalue weighted by atomic mass is 9.96. The number of carbonyl (C=O) groups is 2. The van der Waals surface area contributed by atoms with Crippen LogP contribution in [0.25, 0.3) is 0 Å². The number of morpholine rings is 1. The zero-order chi connectivity index (χ0) is 20.8. The fourth-order valence-electron chi connectivity index (χ4n) is 2.93. The second-order valence-electron chi connectivity index (χ2n) is 6.94. The lowest BCUT2D eigenvalue weighted by Crippen LogP contribution is -2.48. The predicted molar refractivity (Wildman–Crippen MR) is 113 cm³/mol. The highest BCUT2D eigenvalue weighted by Gasteiger charge is 2.20. The van der Waals surface area contributed by atoms with Gasteiger partial charge in [-0.3, -0.25) is 10.2 Å². The van der Waals surface area contributed by atoms with Crippen LogP contribution in [0.15, 0.2) is 29.6 Å². The number of aromatic nitrogens is 1. The molecule has 2 heterocycles. The van der Waals surface area contributed by atoms with Crippen LogP contribution >= 0.6 is 22.9 Å². The first kappa shape index (κ1) is 21.4. The van der Waals surface area contributed by atoms with Crippen LogP contribution < -0.4 is 21.1 Å². The van der Waals surface area contributed by atoms with E-state index in [-0.39, 0.29) is 17.7 Å². The van der Waals surface area contributed by atoms with Crippen LogP contribution in [0, 0.1) is 5.92 Å². The summed E-state index contributed by atoms with van der Waals surface area (Å²) in [6.07, 6.45) is 0. The van der Waals surface area contributed by atoms with Gasteiger partial charge in [-0.1, -0.05) is 37.6 Å². The molecular weight excluding hydrogens is 414 g/mol. The Kier molecular flexibility index (Phi) is 7.29. The number of urea groups is 1. The first-order chi connectivity index (χ1) is 13.9. The highest BCUT2D eigenvalue weighted by molar-refractivity contribution is 7.13. The number of ether oxygens (including phenoxy) is 1. The van der Waals surface area contributed by atoms with Gasteiger partial charge in [0.1, 0.15) is 5.69 Å². The van der Waals surface area contributed by atoms with E-state index < -0.39 is 11.9 Å². The Balaban J connectivity index is 1.53. The van der Waals surface area contributed by atoms with Gasteiger partial charge in [0.25, 0.3) is 5.91 Å². The number of halogens is 1. The monoisotopic (exact) mass is 437 g/mol. The molecule has 3 amide bonds. The molecule has 1 unspecified atom stereocenters. The van der Waals surface area contributed by atoms with Crippen molar-refractivity contribution in [2.24, 2.45) is 5.92 Å². The summed E-state index contributed by atoms with van der Waals surface area (Å²) in [5.41, 5.74) is 5.98. The third kappa shape index (κ3) is 5.81. The average Bonchev–Trinajstić information content (AvgIpc) is 3.22. The summed E-state index contributed by atoms with van der Waals surface area (Å²) in [4.78, 5) is 31.0. The zero-order valence-corrected chi connectivity index (χ0v) is 17.8. The average molecular weight is 438 g/mol. The van der Waals surface area contributed by atoms with Crippen molar-refractivity contribution in [2.75, 3.05) is 31.2 Å². The topological polar surface area (TPSA) is 95.6 Å². The number of carbonyl (C=O) groups excluding carboxylic acids is 2. The van der Waals surface area contributed by atoms with Gasteiger partial charge in [0.15, 0.2) is 5.13 Å².